The lowest BCUT2D eigenvalue weighted by Crippen LogP contribution is -1.92. The van der Waals surface area contributed by atoms with E-state index in [9.17, 15) is 0 Å². The number of imidazole rings is 1. The first-order valence-corrected chi connectivity index (χ1v) is 7.23. The predicted octanol–water partition coefficient (Wildman–Crippen LogP) is 3.78. The number of ether oxygens (including phenoxy) is 2. The zero-order chi connectivity index (χ0) is 14.4. The summed E-state index contributed by atoms with van der Waals surface area (Å²) in [5, 5.41) is 0. The van der Waals surface area contributed by atoms with Crippen molar-refractivity contribution in [3.63, 3.8) is 0 Å². The van der Waals surface area contributed by atoms with Crippen LogP contribution in [-0.2, 0) is 5.88 Å². The second-order valence-corrected chi connectivity index (χ2v) is 5.28. The van der Waals surface area contributed by atoms with Crippen molar-refractivity contribution in [2.24, 2.45) is 0 Å². The third kappa shape index (κ3) is 1.94. The Labute approximate surface area is 126 Å². The molecule has 0 saturated carbocycles. The number of benzene rings is 1. The van der Waals surface area contributed by atoms with Gasteiger partial charge in [-0.3, -0.25) is 0 Å². The fraction of sp³-hybridized carbons (Fsp3) is 0.188. The van der Waals surface area contributed by atoms with E-state index in [1.165, 1.54) is 0 Å². The smallest absolute Gasteiger partial charge is 0.231 e. The fourth-order valence-electron chi connectivity index (χ4n) is 2.61. The minimum absolute atomic E-state index is 0.280. The molecule has 0 unspecified atom stereocenters. The molecule has 0 radical (unpaired) electrons. The molecule has 5 heteroatoms. The van der Waals surface area contributed by atoms with E-state index in [1.807, 2.05) is 36.5 Å². The summed E-state index contributed by atoms with van der Waals surface area (Å²) < 4.78 is 12.8. The molecule has 0 fully saturated rings. The summed E-state index contributed by atoms with van der Waals surface area (Å²) in [6, 6.07) is 9.92. The Balaban J connectivity index is 1.88. The molecule has 0 saturated heterocycles. The first-order valence-electron chi connectivity index (χ1n) is 6.70. The Kier molecular flexibility index (Phi) is 2.79. The minimum atomic E-state index is 0.280. The van der Waals surface area contributed by atoms with Gasteiger partial charge in [0.05, 0.1) is 5.69 Å². The highest BCUT2D eigenvalue weighted by molar-refractivity contribution is 6.17. The number of rotatable bonds is 2. The van der Waals surface area contributed by atoms with Crippen LogP contribution < -0.4 is 9.47 Å². The number of aromatic nitrogens is 2. The van der Waals surface area contributed by atoms with E-state index in [-0.39, 0.29) is 6.79 Å². The van der Waals surface area contributed by atoms with E-state index < -0.39 is 0 Å². The van der Waals surface area contributed by atoms with Gasteiger partial charge in [-0.2, -0.15) is 0 Å². The lowest BCUT2D eigenvalue weighted by atomic mass is 10.1. The molecule has 0 amide bonds. The Morgan fingerprint density at radius 2 is 2.05 bits per heavy atom. The second-order valence-electron chi connectivity index (χ2n) is 5.01. The zero-order valence-electron chi connectivity index (χ0n) is 11.5. The van der Waals surface area contributed by atoms with Gasteiger partial charge in [0.25, 0.3) is 0 Å². The minimum Gasteiger partial charge on any atom is -0.454 e. The molecule has 0 bridgehead atoms. The largest absolute Gasteiger partial charge is 0.454 e. The quantitative estimate of drug-likeness (QED) is 0.676. The van der Waals surface area contributed by atoms with Crippen LogP contribution in [0.25, 0.3) is 16.9 Å². The van der Waals surface area contributed by atoms with Crippen molar-refractivity contribution >= 4 is 17.2 Å². The summed E-state index contributed by atoms with van der Waals surface area (Å²) in [7, 11) is 0. The summed E-state index contributed by atoms with van der Waals surface area (Å²) in [5.41, 5.74) is 5.02. The van der Waals surface area contributed by atoms with Gasteiger partial charge in [-0.15, -0.1) is 11.6 Å². The van der Waals surface area contributed by atoms with Crippen LogP contribution in [0.4, 0.5) is 0 Å². The number of hydrogen-bond acceptors (Lipinski definition) is 3. The average molecular weight is 301 g/mol. The molecule has 0 N–H and O–H groups in total. The Hall–Kier alpha value is -2.20. The highest BCUT2D eigenvalue weighted by Crippen LogP contribution is 2.36. The number of hydrogen-bond donors (Lipinski definition) is 0. The molecule has 0 spiro atoms. The monoisotopic (exact) mass is 300 g/mol. The maximum atomic E-state index is 5.89. The number of pyridine rings is 1. The Morgan fingerprint density at radius 3 is 2.90 bits per heavy atom. The summed E-state index contributed by atoms with van der Waals surface area (Å²) in [5.74, 6) is 2.04. The van der Waals surface area contributed by atoms with Gasteiger partial charge in [0, 0.05) is 23.3 Å². The molecule has 1 aliphatic heterocycles. The molecule has 2 aromatic heterocycles. The number of alkyl halides is 1. The van der Waals surface area contributed by atoms with Crippen LogP contribution >= 0.6 is 11.6 Å². The topological polar surface area (TPSA) is 35.8 Å². The first-order chi connectivity index (χ1) is 10.3. The van der Waals surface area contributed by atoms with Crippen LogP contribution in [0, 0.1) is 6.92 Å². The number of fused-ring (bicyclic) bond motifs is 2. The highest BCUT2D eigenvalue weighted by atomic mass is 35.5. The lowest BCUT2D eigenvalue weighted by Gasteiger charge is -2.02. The molecule has 0 aliphatic carbocycles. The number of nitrogens with zero attached hydrogens (tertiary/aromatic N) is 2. The van der Waals surface area contributed by atoms with Crippen molar-refractivity contribution in [2.45, 2.75) is 12.8 Å². The van der Waals surface area contributed by atoms with Gasteiger partial charge in [0.2, 0.25) is 6.79 Å². The van der Waals surface area contributed by atoms with E-state index in [0.717, 1.165) is 39.7 Å². The van der Waals surface area contributed by atoms with Gasteiger partial charge in [0.15, 0.2) is 11.5 Å². The summed E-state index contributed by atoms with van der Waals surface area (Å²) in [6.07, 6.45) is 2.01. The first kappa shape index (κ1) is 12.5. The second kappa shape index (κ2) is 4.67. The van der Waals surface area contributed by atoms with Gasteiger partial charge in [0.1, 0.15) is 5.65 Å². The third-order valence-electron chi connectivity index (χ3n) is 3.73. The number of halogens is 1. The van der Waals surface area contributed by atoms with Gasteiger partial charge >= 0.3 is 0 Å². The van der Waals surface area contributed by atoms with Crippen LogP contribution in [0.3, 0.4) is 0 Å². The van der Waals surface area contributed by atoms with Crippen molar-refractivity contribution in [1.82, 2.24) is 9.38 Å². The molecule has 4 rings (SSSR count). The van der Waals surface area contributed by atoms with Crippen molar-refractivity contribution < 1.29 is 9.47 Å². The molecule has 0 atom stereocenters. The molecular formula is C16H13ClN2O2. The normalized spacial score (nSPS) is 13.0. The molecule has 4 nitrogen and oxygen atoms in total. The van der Waals surface area contributed by atoms with Crippen LogP contribution in [0.15, 0.2) is 36.5 Å². The molecule has 1 aromatic carbocycles. The summed E-state index contributed by atoms with van der Waals surface area (Å²) >= 11 is 5.89. The van der Waals surface area contributed by atoms with Gasteiger partial charge in [-0.1, -0.05) is 0 Å². The molecule has 106 valence electrons. The highest BCUT2D eigenvalue weighted by Gasteiger charge is 2.17. The summed E-state index contributed by atoms with van der Waals surface area (Å²) in [6.45, 7) is 2.34. The van der Waals surface area contributed by atoms with Crippen molar-refractivity contribution in [1.29, 1.82) is 0 Å². The van der Waals surface area contributed by atoms with E-state index in [4.69, 9.17) is 26.1 Å². The predicted molar refractivity (Wildman–Crippen MR) is 81.0 cm³/mol. The number of aryl methyl sites for hydroxylation is 1. The fourth-order valence-corrected chi connectivity index (χ4v) is 2.78. The molecule has 3 aromatic rings. The van der Waals surface area contributed by atoms with E-state index in [0.29, 0.717) is 5.88 Å². The SMILES string of the molecule is Cc1c(-c2ccc3c(c2)OCO3)nc2cc(CCl)ccn12. The Morgan fingerprint density at radius 1 is 1.19 bits per heavy atom. The van der Waals surface area contributed by atoms with E-state index in [2.05, 4.69) is 11.3 Å². The van der Waals surface area contributed by atoms with Crippen molar-refractivity contribution in [3.05, 3.63) is 47.8 Å². The Bertz CT molecular complexity index is 842. The van der Waals surface area contributed by atoms with Gasteiger partial charge in [-0.05, 0) is 42.8 Å². The third-order valence-corrected chi connectivity index (χ3v) is 4.04. The average Bonchev–Trinajstić information content (AvgIpc) is 3.10. The molecule has 1 aliphatic rings. The van der Waals surface area contributed by atoms with Crippen molar-refractivity contribution in [2.75, 3.05) is 6.79 Å². The van der Waals surface area contributed by atoms with Crippen LogP contribution in [0.5, 0.6) is 11.5 Å². The van der Waals surface area contributed by atoms with Gasteiger partial charge < -0.3 is 13.9 Å². The maximum Gasteiger partial charge on any atom is 0.231 e. The van der Waals surface area contributed by atoms with Crippen LogP contribution in [-0.4, -0.2) is 16.2 Å². The van der Waals surface area contributed by atoms with E-state index in [1.54, 1.807) is 0 Å². The standard InChI is InChI=1S/C16H13ClN2O2/c1-10-16(12-2-3-13-14(7-12)21-9-20-13)18-15-6-11(8-17)4-5-19(10)15/h2-7H,8-9H2,1H3. The van der Waals surface area contributed by atoms with Crippen LogP contribution in [0.1, 0.15) is 11.3 Å². The summed E-state index contributed by atoms with van der Waals surface area (Å²) in [4.78, 5) is 4.72. The zero-order valence-corrected chi connectivity index (χ0v) is 12.2. The lowest BCUT2D eigenvalue weighted by molar-refractivity contribution is 0.174. The maximum absolute atomic E-state index is 5.89. The van der Waals surface area contributed by atoms with Crippen LogP contribution in [0.2, 0.25) is 0 Å². The molecule has 3 heterocycles. The van der Waals surface area contributed by atoms with Crippen molar-refractivity contribution in [3.8, 4) is 22.8 Å². The van der Waals surface area contributed by atoms with E-state index >= 15 is 0 Å². The molecule has 21 heavy (non-hydrogen) atoms. The molecular weight excluding hydrogens is 288 g/mol. The van der Waals surface area contributed by atoms with Gasteiger partial charge in [-0.25, -0.2) is 4.98 Å².